The Kier molecular flexibility index (Phi) is 5.50. The van der Waals surface area contributed by atoms with E-state index in [9.17, 15) is 9.59 Å². The molecule has 0 aliphatic carbocycles. The molecule has 0 heterocycles. The van der Waals surface area contributed by atoms with Crippen molar-refractivity contribution < 1.29 is 14.7 Å². The smallest absolute Gasteiger partial charge is 0.331 e. The fourth-order valence-electron chi connectivity index (χ4n) is 1.92. The first-order chi connectivity index (χ1) is 9.36. The molecule has 108 valence electrons. The molecule has 0 saturated heterocycles. The lowest BCUT2D eigenvalue weighted by Crippen LogP contribution is -2.31. The number of hydrogen-bond donors (Lipinski definition) is 1. The summed E-state index contributed by atoms with van der Waals surface area (Å²) in [5, 5.41) is 8.95. The largest absolute Gasteiger partial charge is 0.478 e. The molecule has 0 bridgehead atoms. The third kappa shape index (κ3) is 3.95. The van der Waals surface area contributed by atoms with Crippen molar-refractivity contribution in [1.29, 1.82) is 0 Å². The van der Waals surface area contributed by atoms with Gasteiger partial charge >= 0.3 is 5.97 Å². The molecule has 0 radical (unpaired) electrons. The van der Waals surface area contributed by atoms with Crippen molar-refractivity contribution in [3.8, 4) is 0 Å². The first kappa shape index (κ1) is 16.0. The Morgan fingerprint density at radius 2 is 1.85 bits per heavy atom. The Hall–Kier alpha value is -2.10. The van der Waals surface area contributed by atoms with Gasteiger partial charge in [-0.3, -0.25) is 4.79 Å². The van der Waals surface area contributed by atoms with Crippen LogP contribution < -0.4 is 0 Å². The maximum atomic E-state index is 12.3. The Labute approximate surface area is 119 Å². The van der Waals surface area contributed by atoms with Crippen molar-refractivity contribution in [3.63, 3.8) is 0 Å². The van der Waals surface area contributed by atoms with Gasteiger partial charge in [0.2, 0.25) is 5.91 Å². The molecule has 4 heteroatoms. The molecule has 0 fully saturated rings. The number of aliphatic carboxylic acids is 1. The van der Waals surface area contributed by atoms with Gasteiger partial charge in [-0.1, -0.05) is 29.8 Å². The van der Waals surface area contributed by atoms with Crippen LogP contribution >= 0.6 is 0 Å². The van der Waals surface area contributed by atoms with Crippen molar-refractivity contribution in [3.05, 3.63) is 46.5 Å². The molecule has 0 aliphatic rings. The van der Waals surface area contributed by atoms with E-state index in [2.05, 4.69) is 0 Å². The molecule has 4 nitrogen and oxygen atoms in total. The number of carbonyl (C=O) groups is 2. The molecule has 0 saturated carbocycles. The number of benzene rings is 1. The van der Waals surface area contributed by atoms with Gasteiger partial charge in [-0.25, -0.2) is 4.79 Å². The number of carbonyl (C=O) groups excluding carboxylic acids is 1. The summed E-state index contributed by atoms with van der Waals surface area (Å²) in [6.07, 6.45) is 0. The van der Waals surface area contributed by atoms with Gasteiger partial charge in [-0.05, 0) is 33.3 Å². The first-order valence-corrected chi connectivity index (χ1v) is 6.62. The summed E-state index contributed by atoms with van der Waals surface area (Å²) in [7, 11) is 0. The predicted molar refractivity (Wildman–Crippen MR) is 78.3 cm³/mol. The number of hydrogen-bond acceptors (Lipinski definition) is 2. The summed E-state index contributed by atoms with van der Waals surface area (Å²) in [6.45, 7) is 7.93. The van der Waals surface area contributed by atoms with Crippen molar-refractivity contribution >= 4 is 11.9 Å². The first-order valence-electron chi connectivity index (χ1n) is 6.62. The van der Waals surface area contributed by atoms with E-state index in [4.69, 9.17) is 5.11 Å². The van der Waals surface area contributed by atoms with Gasteiger partial charge in [0.1, 0.15) is 0 Å². The molecule has 1 N–H and O–H groups in total. The lowest BCUT2D eigenvalue weighted by Gasteiger charge is -2.22. The van der Waals surface area contributed by atoms with E-state index in [1.165, 1.54) is 6.92 Å². The number of carboxylic acid groups (broad SMARTS) is 1. The summed E-state index contributed by atoms with van der Waals surface area (Å²) in [4.78, 5) is 24.9. The summed E-state index contributed by atoms with van der Waals surface area (Å²) in [5.74, 6) is -1.28. The van der Waals surface area contributed by atoms with Crippen molar-refractivity contribution in [2.75, 3.05) is 6.54 Å². The lowest BCUT2D eigenvalue weighted by molar-refractivity contribution is -0.134. The van der Waals surface area contributed by atoms with Crippen LogP contribution in [-0.2, 0) is 16.1 Å². The number of rotatable bonds is 5. The van der Waals surface area contributed by atoms with Gasteiger partial charge in [-0.2, -0.15) is 0 Å². The molecule has 0 spiro atoms. The maximum Gasteiger partial charge on any atom is 0.331 e. The summed E-state index contributed by atoms with van der Waals surface area (Å²) in [5.41, 5.74) is 2.56. The standard InChI is InChI=1S/C16H21NO3/c1-5-17(10-14-8-6-7-11(2)9-14)15(18)12(3)13(4)16(19)20/h6-9H,5,10H2,1-4H3,(H,19,20). The van der Waals surface area contributed by atoms with Crippen LogP contribution in [0.3, 0.4) is 0 Å². The quantitative estimate of drug-likeness (QED) is 0.841. The zero-order valence-corrected chi connectivity index (χ0v) is 12.4. The van der Waals surface area contributed by atoms with E-state index < -0.39 is 5.97 Å². The maximum absolute atomic E-state index is 12.3. The van der Waals surface area contributed by atoms with E-state index in [1.807, 2.05) is 38.1 Å². The van der Waals surface area contributed by atoms with Crippen LogP contribution in [0.1, 0.15) is 31.9 Å². The number of aryl methyl sites for hydroxylation is 1. The minimum absolute atomic E-state index is 0.0951. The van der Waals surface area contributed by atoms with Crippen LogP contribution in [0.15, 0.2) is 35.4 Å². The van der Waals surface area contributed by atoms with Crippen molar-refractivity contribution in [2.24, 2.45) is 0 Å². The van der Waals surface area contributed by atoms with Gasteiger partial charge in [0.05, 0.1) is 0 Å². The van der Waals surface area contributed by atoms with Crippen LogP contribution in [0.4, 0.5) is 0 Å². The van der Waals surface area contributed by atoms with Crippen LogP contribution in [-0.4, -0.2) is 28.4 Å². The molecule has 20 heavy (non-hydrogen) atoms. The third-order valence-electron chi connectivity index (χ3n) is 3.33. The Morgan fingerprint density at radius 3 is 2.35 bits per heavy atom. The number of carboxylic acids is 1. The monoisotopic (exact) mass is 275 g/mol. The molecule has 1 amide bonds. The van der Waals surface area contributed by atoms with E-state index in [0.717, 1.165) is 11.1 Å². The number of likely N-dealkylation sites (N-methyl/N-ethyl adjacent to an activating group) is 1. The predicted octanol–water partition coefficient (Wildman–Crippen LogP) is 2.76. The second-order valence-corrected chi connectivity index (χ2v) is 4.86. The molecule has 0 aromatic heterocycles. The molecule has 0 aliphatic heterocycles. The highest BCUT2D eigenvalue weighted by Crippen LogP contribution is 2.13. The summed E-state index contributed by atoms with van der Waals surface area (Å²) in [6, 6.07) is 7.95. The van der Waals surface area contributed by atoms with E-state index in [-0.39, 0.29) is 17.1 Å². The SMILES string of the molecule is CCN(Cc1cccc(C)c1)C(=O)C(C)=C(C)C(=O)O. The zero-order valence-electron chi connectivity index (χ0n) is 12.4. The fraction of sp³-hybridized carbons (Fsp3) is 0.375. The fourth-order valence-corrected chi connectivity index (χ4v) is 1.92. The van der Waals surface area contributed by atoms with Gasteiger partial charge in [0, 0.05) is 24.2 Å². The zero-order chi connectivity index (χ0) is 15.3. The van der Waals surface area contributed by atoms with E-state index in [1.54, 1.807) is 11.8 Å². The molecule has 1 aromatic carbocycles. The minimum Gasteiger partial charge on any atom is -0.478 e. The molecule has 0 unspecified atom stereocenters. The van der Waals surface area contributed by atoms with Crippen LogP contribution in [0.5, 0.6) is 0 Å². The van der Waals surface area contributed by atoms with Crippen LogP contribution in [0, 0.1) is 6.92 Å². The highest BCUT2D eigenvalue weighted by Gasteiger charge is 2.18. The Balaban J connectivity index is 2.94. The number of amides is 1. The Bertz CT molecular complexity index is 546. The second-order valence-electron chi connectivity index (χ2n) is 4.86. The normalized spacial score (nSPS) is 11.8. The highest BCUT2D eigenvalue weighted by molar-refractivity contribution is 6.01. The molecule has 0 atom stereocenters. The van der Waals surface area contributed by atoms with Crippen LogP contribution in [0.25, 0.3) is 0 Å². The summed E-state index contributed by atoms with van der Waals surface area (Å²) >= 11 is 0. The van der Waals surface area contributed by atoms with Gasteiger partial charge in [-0.15, -0.1) is 0 Å². The highest BCUT2D eigenvalue weighted by atomic mass is 16.4. The van der Waals surface area contributed by atoms with Crippen molar-refractivity contribution in [2.45, 2.75) is 34.2 Å². The average molecular weight is 275 g/mol. The topological polar surface area (TPSA) is 57.6 Å². The summed E-state index contributed by atoms with van der Waals surface area (Å²) < 4.78 is 0. The van der Waals surface area contributed by atoms with Crippen molar-refractivity contribution in [1.82, 2.24) is 4.90 Å². The molecular weight excluding hydrogens is 254 g/mol. The minimum atomic E-state index is -1.05. The molecule has 1 rings (SSSR count). The number of nitrogens with zero attached hydrogens (tertiary/aromatic N) is 1. The third-order valence-corrected chi connectivity index (χ3v) is 3.33. The lowest BCUT2D eigenvalue weighted by atomic mass is 10.1. The second kappa shape index (κ2) is 6.89. The molecule has 1 aromatic rings. The Morgan fingerprint density at radius 1 is 1.20 bits per heavy atom. The van der Waals surface area contributed by atoms with Gasteiger partial charge in [0.25, 0.3) is 0 Å². The average Bonchev–Trinajstić information content (AvgIpc) is 2.42. The van der Waals surface area contributed by atoms with Gasteiger partial charge in [0.15, 0.2) is 0 Å². The molecular formula is C16H21NO3. The van der Waals surface area contributed by atoms with Gasteiger partial charge < -0.3 is 10.0 Å². The van der Waals surface area contributed by atoms with E-state index in [0.29, 0.717) is 13.1 Å². The van der Waals surface area contributed by atoms with Crippen LogP contribution in [0.2, 0.25) is 0 Å². The van der Waals surface area contributed by atoms with E-state index >= 15 is 0 Å².